The largest absolute Gasteiger partial charge is 0.496 e. The third-order valence-corrected chi connectivity index (χ3v) is 2.75. The maximum atomic E-state index is 13.4. The van der Waals surface area contributed by atoms with E-state index in [1.54, 1.807) is 25.7 Å². The molecular weight excluding hydrogens is 233 g/mol. The van der Waals surface area contributed by atoms with Gasteiger partial charge in [-0.25, -0.2) is 9.37 Å². The number of hydrogen-bond donors (Lipinski definition) is 1. The minimum atomic E-state index is -0.285. The molecule has 2 aromatic rings. The number of benzene rings is 1. The Hall–Kier alpha value is -1.88. The lowest BCUT2D eigenvalue weighted by Crippen LogP contribution is -2.15. The Morgan fingerprint density at radius 2 is 2.28 bits per heavy atom. The fraction of sp³-hybridized carbons (Fsp3) is 0.308. The second kappa shape index (κ2) is 5.64. The highest BCUT2D eigenvalue weighted by atomic mass is 19.1. The van der Waals surface area contributed by atoms with Gasteiger partial charge in [-0.2, -0.15) is 0 Å². The van der Waals surface area contributed by atoms with E-state index in [4.69, 9.17) is 4.74 Å². The SMILES string of the molecule is CNCCn1cncc1-c1cc(F)ccc1OC. The van der Waals surface area contributed by atoms with Crippen LogP contribution >= 0.6 is 0 Å². The molecule has 18 heavy (non-hydrogen) atoms. The zero-order chi connectivity index (χ0) is 13.0. The van der Waals surface area contributed by atoms with Gasteiger partial charge in [0.25, 0.3) is 0 Å². The fourth-order valence-electron chi connectivity index (χ4n) is 1.84. The molecule has 0 radical (unpaired) electrons. The number of rotatable bonds is 5. The summed E-state index contributed by atoms with van der Waals surface area (Å²) < 4.78 is 20.6. The highest BCUT2D eigenvalue weighted by Crippen LogP contribution is 2.30. The van der Waals surface area contributed by atoms with Crippen molar-refractivity contribution < 1.29 is 9.13 Å². The van der Waals surface area contributed by atoms with Gasteiger partial charge in [-0.05, 0) is 25.2 Å². The molecule has 0 aliphatic rings. The van der Waals surface area contributed by atoms with E-state index < -0.39 is 0 Å². The molecule has 1 aromatic carbocycles. The van der Waals surface area contributed by atoms with Crippen LogP contribution in [0.15, 0.2) is 30.7 Å². The van der Waals surface area contributed by atoms with Crippen molar-refractivity contribution in [2.24, 2.45) is 0 Å². The topological polar surface area (TPSA) is 39.1 Å². The average molecular weight is 249 g/mol. The van der Waals surface area contributed by atoms with E-state index in [0.29, 0.717) is 11.3 Å². The molecule has 0 atom stereocenters. The zero-order valence-electron chi connectivity index (χ0n) is 10.5. The first-order chi connectivity index (χ1) is 8.76. The summed E-state index contributed by atoms with van der Waals surface area (Å²) >= 11 is 0. The molecule has 4 nitrogen and oxygen atoms in total. The molecule has 1 aromatic heterocycles. The van der Waals surface area contributed by atoms with Crippen LogP contribution in [-0.2, 0) is 6.54 Å². The maximum absolute atomic E-state index is 13.4. The highest BCUT2D eigenvalue weighted by Gasteiger charge is 2.11. The van der Waals surface area contributed by atoms with E-state index in [9.17, 15) is 4.39 Å². The molecule has 2 rings (SSSR count). The number of ether oxygens (including phenoxy) is 1. The predicted molar refractivity (Wildman–Crippen MR) is 68.1 cm³/mol. The molecule has 0 saturated carbocycles. The van der Waals surface area contributed by atoms with Gasteiger partial charge in [0.05, 0.1) is 25.3 Å². The van der Waals surface area contributed by atoms with Crippen molar-refractivity contribution >= 4 is 0 Å². The third kappa shape index (κ3) is 2.51. The lowest BCUT2D eigenvalue weighted by Gasteiger charge is -2.11. The van der Waals surface area contributed by atoms with Gasteiger partial charge in [-0.3, -0.25) is 0 Å². The summed E-state index contributed by atoms with van der Waals surface area (Å²) in [6, 6.07) is 4.47. The number of halogens is 1. The van der Waals surface area contributed by atoms with Crippen molar-refractivity contribution in [2.45, 2.75) is 6.54 Å². The van der Waals surface area contributed by atoms with Crippen molar-refractivity contribution in [1.29, 1.82) is 0 Å². The normalized spacial score (nSPS) is 10.6. The van der Waals surface area contributed by atoms with Crippen molar-refractivity contribution in [3.63, 3.8) is 0 Å². The summed E-state index contributed by atoms with van der Waals surface area (Å²) in [5.41, 5.74) is 1.56. The predicted octanol–water partition coefficient (Wildman–Crippen LogP) is 1.92. The summed E-state index contributed by atoms with van der Waals surface area (Å²) in [5.74, 6) is 0.356. The first-order valence-corrected chi connectivity index (χ1v) is 5.75. The van der Waals surface area contributed by atoms with Gasteiger partial charge < -0.3 is 14.6 Å². The number of methoxy groups -OCH3 is 1. The number of imidazole rings is 1. The summed E-state index contributed by atoms with van der Waals surface area (Å²) in [4.78, 5) is 4.11. The monoisotopic (exact) mass is 249 g/mol. The number of nitrogens with zero attached hydrogens (tertiary/aromatic N) is 2. The number of hydrogen-bond acceptors (Lipinski definition) is 3. The molecule has 0 aliphatic heterocycles. The summed E-state index contributed by atoms with van der Waals surface area (Å²) in [6.45, 7) is 1.59. The smallest absolute Gasteiger partial charge is 0.128 e. The molecule has 0 saturated heterocycles. The summed E-state index contributed by atoms with van der Waals surface area (Å²) in [7, 11) is 3.46. The van der Waals surface area contributed by atoms with Gasteiger partial charge in [0, 0.05) is 18.7 Å². The van der Waals surface area contributed by atoms with Crippen LogP contribution in [0.3, 0.4) is 0 Å². The quantitative estimate of drug-likeness (QED) is 0.880. The minimum Gasteiger partial charge on any atom is -0.496 e. The van der Waals surface area contributed by atoms with Gasteiger partial charge >= 0.3 is 0 Å². The molecule has 0 fully saturated rings. The highest BCUT2D eigenvalue weighted by molar-refractivity contribution is 5.67. The van der Waals surface area contributed by atoms with Gasteiger partial charge in [0.2, 0.25) is 0 Å². The van der Waals surface area contributed by atoms with Crippen LogP contribution in [0.5, 0.6) is 5.75 Å². The molecule has 96 valence electrons. The lowest BCUT2D eigenvalue weighted by molar-refractivity contribution is 0.415. The van der Waals surface area contributed by atoms with Crippen LogP contribution in [0, 0.1) is 5.82 Å². The van der Waals surface area contributed by atoms with Crippen LogP contribution < -0.4 is 10.1 Å². The molecule has 0 unspecified atom stereocenters. The Bertz CT molecular complexity index is 525. The molecular formula is C13H16FN3O. The van der Waals surface area contributed by atoms with E-state index >= 15 is 0 Å². The van der Waals surface area contributed by atoms with E-state index in [-0.39, 0.29) is 5.82 Å². The molecule has 5 heteroatoms. The van der Waals surface area contributed by atoms with Crippen molar-refractivity contribution in [3.8, 4) is 17.0 Å². The van der Waals surface area contributed by atoms with Crippen molar-refractivity contribution in [3.05, 3.63) is 36.5 Å². The Kier molecular flexibility index (Phi) is 3.94. The standard InChI is InChI=1S/C13H16FN3O/c1-15-5-6-17-9-16-8-12(17)11-7-10(14)3-4-13(11)18-2/h3-4,7-9,15H,5-6H2,1-2H3. The molecule has 1 N–H and O–H groups in total. The van der Waals surface area contributed by atoms with E-state index in [0.717, 1.165) is 18.8 Å². The molecule has 0 amide bonds. The lowest BCUT2D eigenvalue weighted by atomic mass is 10.1. The van der Waals surface area contributed by atoms with Gasteiger partial charge in [0.15, 0.2) is 0 Å². The van der Waals surface area contributed by atoms with Gasteiger partial charge in [-0.1, -0.05) is 0 Å². The molecule has 1 heterocycles. The van der Waals surface area contributed by atoms with Gasteiger partial charge in [0.1, 0.15) is 11.6 Å². The van der Waals surface area contributed by atoms with Crippen LogP contribution in [0.4, 0.5) is 4.39 Å². The first-order valence-electron chi connectivity index (χ1n) is 5.75. The number of likely N-dealkylation sites (N-methyl/N-ethyl adjacent to an activating group) is 1. The molecule has 0 spiro atoms. The fourth-order valence-corrected chi connectivity index (χ4v) is 1.84. The Balaban J connectivity index is 2.41. The van der Waals surface area contributed by atoms with Crippen molar-refractivity contribution in [2.75, 3.05) is 20.7 Å². The first kappa shape index (κ1) is 12.6. The average Bonchev–Trinajstić information content (AvgIpc) is 2.84. The third-order valence-electron chi connectivity index (χ3n) is 2.75. The van der Waals surface area contributed by atoms with Crippen LogP contribution in [0.1, 0.15) is 0 Å². The Morgan fingerprint density at radius 3 is 3.00 bits per heavy atom. The van der Waals surface area contributed by atoms with E-state index in [2.05, 4.69) is 10.3 Å². The van der Waals surface area contributed by atoms with Crippen LogP contribution in [0.25, 0.3) is 11.3 Å². The molecule has 0 bridgehead atoms. The number of nitrogens with one attached hydrogen (secondary N) is 1. The van der Waals surface area contributed by atoms with Crippen LogP contribution in [-0.4, -0.2) is 30.3 Å². The zero-order valence-corrected chi connectivity index (χ0v) is 10.5. The molecule has 0 aliphatic carbocycles. The minimum absolute atomic E-state index is 0.285. The van der Waals surface area contributed by atoms with Crippen LogP contribution in [0.2, 0.25) is 0 Å². The Labute approximate surface area is 105 Å². The van der Waals surface area contributed by atoms with Gasteiger partial charge in [-0.15, -0.1) is 0 Å². The van der Waals surface area contributed by atoms with E-state index in [1.165, 1.54) is 12.1 Å². The second-order valence-corrected chi connectivity index (χ2v) is 3.92. The summed E-state index contributed by atoms with van der Waals surface area (Å²) in [5, 5.41) is 3.07. The maximum Gasteiger partial charge on any atom is 0.128 e. The summed E-state index contributed by atoms with van der Waals surface area (Å²) in [6.07, 6.45) is 3.45. The Morgan fingerprint density at radius 1 is 1.44 bits per heavy atom. The second-order valence-electron chi connectivity index (χ2n) is 3.92. The van der Waals surface area contributed by atoms with E-state index in [1.807, 2.05) is 11.6 Å². The van der Waals surface area contributed by atoms with Crippen molar-refractivity contribution in [1.82, 2.24) is 14.9 Å². The number of aromatic nitrogens is 2.